The monoisotopic (exact) mass is 303 g/mol. The number of pyridine rings is 1. The number of nitrogens with zero attached hydrogens (tertiary/aromatic N) is 3. The van der Waals surface area contributed by atoms with Crippen LogP contribution < -0.4 is 9.64 Å². The first-order valence-corrected chi connectivity index (χ1v) is 7.27. The number of aromatic nitrogens is 2. The Morgan fingerprint density at radius 1 is 1.45 bits per heavy atom. The van der Waals surface area contributed by atoms with Crippen LogP contribution in [-0.2, 0) is 0 Å². The number of anilines is 1. The first-order chi connectivity index (χ1) is 10.4. The second-order valence-corrected chi connectivity index (χ2v) is 5.26. The van der Waals surface area contributed by atoms with Crippen molar-refractivity contribution in [2.45, 2.75) is 40.2 Å². The lowest BCUT2D eigenvalue weighted by molar-refractivity contribution is 0.0991. The van der Waals surface area contributed by atoms with Gasteiger partial charge in [-0.3, -0.25) is 4.79 Å². The molecule has 0 aliphatic rings. The number of aryl methyl sites for hydroxylation is 2. The Hall–Kier alpha value is -2.37. The molecule has 1 amide bonds. The lowest BCUT2D eigenvalue weighted by atomic mass is 10.2. The molecular formula is C16H21N3O3. The highest BCUT2D eigenvalue weighted by molar-refractivity contribution is 6.06. The third kappa shape index (κ3) is 3.27. The average Bonchev–Trinajstić information content (AvgIpc) is 2.85. The summed E-state index contributed by atoms with van der Waals surface area (Å²) in [6.07, 6.45) is 2.50. The van der Waals surface area contributed by atoms with Crippen molar-refractivity contribution in [3.8, 4) is 5.88 Å². The molecule has 22 heavy (non-hydrogen) atoms. The van der Waals surface area contributed by atoms with Crippen molar-refractivity contribution in [2.24, 2.45) is 0 Å². The normalized spacial score (nSPS) is 12.0. The van der Waals surface area contributed by atoms with E-state index in [9.17, 15) is 4.79 Å². The molecule has 0 radical (unpaired) electrons. The first kappa shape index (κ1) is 16.0. The van der Waals surface area contributed by atoms with Crippen LogP contribution in [-0.4, -0.2) is 29.2 Å². The van der Waals surface area contributed by atoms with Crippen LogP contribution in [0.5, 0.6) is 5.88 Å². The molecule has 2 aromatic rings. The molecule has 118 valence electrons. The Balaban J connectivity index is 2.24. The van der Waals surface area contributed by atoms with E-state index >= 15 is 0 Å². The summed E-state index contributed by atoms with van der Waals surface area (Å²) in [5.74, 6) is 0.900. The molecule has 0 aromatic carbocycles. The van der Waals surface area contributed by atoms with Gasteiger partial charge in [-0.15, -0.1) is 0 Å². The number of amides is 1. The molecule has 0 N–H and O–H groups in total. The fourth-order valence-corrected chi connectivity index (χ4v) is 2.15. The minimum absolute atomic E-state index is 0.0538. The fraction of sp³-hybridized carbons (Fsp3) is 0.438. The van der Waals surface area contributed by atoms with Crippen molar-refractivity contribution in [3.63, 3.8) is 0 Å². The lowest BCUT2D eigenvalue weighted by Gasteiger charge is -2.17. The molecule has 0 aliphatic heterocycles. The zero-order valence-corrected chi connectivity index (χ0v) is 13.6. The SMILES string of the molecule is CCC(C)Oc1cc(C(=O)N(C)c2c(C)noc2C)ccn1. The highest BCUT2D eigenvalue weighted by atomic mass is 16.5. The maximum Gasteiger partial charge on any atom is 0.258 e. The molecule has 0 bridgehead atoms. The van der Waals surface area contributed by atoms with Crippen molar-refractivity contribution in [3.05, 3.63) is 35.3 Å². The topological polar surface area (TPSA) is 68.5 Å². The molecule has 6 nitrogen and oxygen atoms in total. The van der Waals surface area contributed by atoms with Crippen LogP contribution >= 0.6 is 0 Å². The van der Waals surface area contributed by atoms with E-state index in [0.717, 1.165) is 6.42 Å². The van der Waals surface area contributed by atoms with E-state index in [4.69, 9.17) is 9.26 Å². The van der Waals surface area contributed by atoms with Gasteiger partial charge in [-0.05, 0) is 33.3 Å². The quantitative estimate of drug-likeness (QED) is 0.848. The molecule has 0 aliphatic carbocycles. The van der Waals surface area contributed by atoms with Crippen LogP contribution in [0.15, 0.2) is 22.9 Å². The van der Waals surface area contributed by atoms with Gasteiger partial charge in [0.15, 0.2) is 5.76 Å². The second-order valence-electron chi connectivity index (χ2n) is 5.26. The number of carbonyl (C=O) groups is 1. The fourth-order valence-electron chi connectivity index (χ4n) is 2.15. The van der Waals surface area contributed by atoms with E-state index in [0.29, 0.717) is 28.6 Å². The molecule has 1 atom stereocenters. The van der Waals surface area contributed by atoms with Gasteiger partial charge in [0.05, 0.1) is 6.10 Å². The predicted octanol–water partition coefficient (Wildman–Crippen LogP) is 3.14. The van der Waals surface area contributed by atoms with Crippen LogP contribution in [0.25, 0.3) is 0 Å². The van der Waals surface area contributed by atoms with E-state index < -0.39 is 0 Å². The van der Waals surface area contributed by atoms with Crippen LogP contribution in [0.2, 0.25) is 0 Å². The minimum Gasteiger partial charge on any atom is -0.475 e. The van der Waals surface area contributed by atoms with Crippen LogP contribution in [0.1, 0.15) is 42.1 Å². The predicted molar refractivity (Wildman–Crippen MR) is 83.3 cm³/mol. The summed E-state index contributed by atoms with van der Waals surface area (Å²) in [7, 11) is 1.70. The van der Waals surface area contributed by atoms with Gasteiger partial charge in [0.1, 0.15) is 11.4 Å². The van der Waals surface area contributed by atoms with Gasteiger partial charge in [0.25, 0.3) is 5.91 Å². The van der Waals surface area contributed by atoms with Gasteiger partial charge in [-0.25, -0.2) is 4.98 Å². The van der Waals surface area contributed by atoms with Crippen molar-refractivity contribution >= 4 is 11.6 Å². The number of rotatable bonds is 5. The van der Waals surface area contributed by atoms with Gasteiger partial charge in [0.2, 0.25) is 5.88 Å². The Labute approximate surface area is 130 Å². The molecule has 2 heterocycles. The van der Waals surface area contributed by atoms with Gasteiger partial charge in [-0.1, -0.05) is 12.1 Å². The molecule has 2 rings (SSSR count). The zero-order chi connectivity index (χ0) is 16.3. The van der Waals surface area contributed by atoms with E-state index in [1.807, 2.05) is 13.8 Å². The van der Waals surface area contributed by atoms with Crippen molar-refractivity contribution < 1.29 is 14.1 Å². The van der Waals surface area contributed by atoms with Gasteiger partial charge in [-0.2, -0.15) is 0 Å². The molecule has 1 unspecified atom stereocenters. The van der Waals surface area contributed by atoms with E-state index in [1.54, 1.807) is 39.2 Å². The molecule has 0 saturated carbocycles. The van der Waals surface area contributed by atoms with Gasteiger partial charge in [0, 0.05) is 24.9 Å². The Bertz CT molecular complexity index is 647. The maximum atomic E-state index is 12.6. The third-order valence-corrected chi connectivity index (χ3v) is 3.51. The summed E-state index contributed by atoms with van der Waals surface area (Å²) < 4.78 is 10.8. The summed E-state index contributed by atoms with van der Waals surface area (Å²) in [5, 5.41) is 3.88. The molecule has 6 heteroatoms. The van der Waals surface area contributed by atoms with E-state index in [1.165, 1.54) is 4.90 Å². The maximum absolute atomic E-state index is 12.6. The van der Waals surface area contributed by atoms with Crippen molar-refractivity contribution in [1.29, 1.82) is 0 Å². The summed E-state index contributed by atoms with van der Waals surface area (Å²) in [6.45, 7) is 7.58. The summed E-state index contributed by atoms with van der Waals surface area (Å²) in [5.41, 5.74) is 1.88. The Morgan fingerprint density at radius 2 is 2.18 bits per heavy atom. The third-order valence-electron chi connectivity index (χ3n) is 3.51. The van der Waals surface area contributed by atoms with Crippen LogP contribution in [0.3, 0.4) is 0 Å². The second kappa shape index (κ2) is 6.60. The molecule has 0 fully saturated rings. The van der Waals surface area contributed by atoms with E-state index in [-0.39, 0.29) is 12.0 Å². The highest BCUT2D eigenvalue weighted by Gasteiger charge is 2.21. The lowest BCUT2D eigenvalue weighted by Crippen LogP contribution is -2.27. The summed E-state index contributed by atoms with van der Waals surface area (Å²) >= 11 is 0. The highest BCUT2D eigenvalue weighted by Crippen LogP contribution is 2.25. The van der Waals surface area contributed by atoms with Gasteiger partial charge < -0.3 is 14.2 Å². The first-order valence-electron chi connectivity index (χ1n) is 7.27. The molecule has 2 aromatic heterocycles. The van der Waals surface area contributed by atoms with E-state index in [2.05, 4.69) is 10.1 Å². The largest absolute Gasteiger partial charge is 0.475 e. The number of hydrogen-bond donors (Lipinski definition) is 0. The summed E-state index contributed by atoms with van der Waals surface area (Å²) in [6, 6.07) is 3.32. The standard InChI is InChI=1S/C16H21N3O3/c1-6-10(2)21-14-9-13(7-8-17-14)16(20)19(5)15-11(3)18-22-12(15)4/h7-10H,6H2,1-5H3. The van der Waals surface area contributed by atoms with Crippen molar-refractivity contribution in [1.82, 2.24) is 10.1 Å². The minimum atomic E-state index is -0.161. The number of carbonyl (C=O) groups excluding carboxylic acids is 1. The molecule has 0 saturated heterocycles. The average molecular weight is 303 g/mol. The Kier molecular flexibility index (Phi) is 4.80. The van der Waals surface area contributed by atoms with Gasteiger partial charge >= 0.3 is 0 Å². The van der Waals surface area contributed by atoms with Crippen molar-refractivity contribution in [2.75, 3.05) is 11.9 Å². The van der Waals surface area contributed by atoms with Crippen LogP contribution in [0, 0.1) is 13.8 Å². The zero-order valence-electron chi connectivity index (χ0n) is 13.6. The number of ether oxygens (including phenoxy) is 1. The summed E-state index contributed by atoms with van der Waals surface area (Å²) in [4.78, 5) is 18.3. The molecule has 0 spiro atoms. The molecular weight excluding hydrogens is 282 g/mol. The van der Waals surface area contributed by atoms with Crippen LogP contribution in [0.4, 0.5) is 5.69 Å². The number of hydrogen-bond acceptors (Lipinski definition) is 5. The smallest absolute Gasteiger partial charge is 0.258 e. The Morgan fingerprint density at radius 3 is 2.77 bits per heavy atom.